The second-order valence-electron chi connectivity index (χ2n) is 5.20. The van der Waals surface area contributed by atoms with Gasteiger partial charge in [0.15, 0.2) is 5.66 Å². The molecular weight excluding hydrogens is 214 g/mol. The van der Waals surface area contributed by atoms with Gasteiger partial charge in [-0.15, -0.1) is 10.3 Å². The van der Waals surface area contributed by atoms with Crippen LogP contribution in [0.4, 0.5) is 5.69 Å². The number of hydrogen-bond donors (Lipinski definition) is 1. The van der Waals surface area contributed by atoms with Gasteiger partial charge in [-0.1, -0.05) is 12.1 Å². The van der Waals surface area contributed by atoms with Gasteiger partial charge < -0.3 is 5.73 Å². The van der Waals surface area contributed by atoms with Crippen molar-refractivity contribution in [2.75, 3.05) is 5.73 Å². The number of hydroxylamine groups is 2. The number of nitrogen functional groups attached to an aromatic ring is 1. The summed E-state index contributed by atoms with van der Waals surface area (Å²) in [6.45, 7) is 7.49. The largest absolute Gasteiger partial charge is 0.399 e. The van der Waals surface area contributed by atoms with Crippen molar-refractivity contribution in [1.82, 2.24) is 5.06 Å². The van der Waals surface area contributed by atoms with E-state index in [1.54, 1.807) is 6.07 Å². The van der Waals surface area contributed by atoms with Gasteiger partial charge >= 0.3 is 0 Å². The molecular formula is C13H18N3O. The third kappa shape index (κ3) is 1.64. The van der Waals surface area contributed by atoms with Crippen LogP contribution in [-0.4, -0.2) is 16.3 Å². The summed E-state index contributed by atoms with van der Waals surface area (Å²) in [4.78, 5) is 4.54. The van der Waals surface area contributed by atoms with Crippen LogP contribution in [0.5, 0.6) is 0 Å². The number of nitrogens with zero attached hydrogens (tertiary/aromatic N) is 2. The molecule has 1 atom stereocenters. The van der Waals surface area contributed by atoms with Crippen molar-refractivity contribution in [3.63, 3.8) is 0 Å². The van der Waals surface area contributed by atoms with Crippen molar-refractivity contribution in [1.29, 1.82) is 0 Å². The van der Waals surface area contributed by atoms with E-state index in [1.165, 1.54) is 0 Å². The normalized spacial score (nSPS) is 28.2. The van der Waals surface area contributed by atoms with E-state index in [4.69, 9.17) is 5.73 Å². The molecule has 0 fully saturated rings. The molecule has 1 aromatic rings. The standard InChI is InChI=1S/C13H18N3O/c1-9-12(2,3)16(17)13(4,15-9)10-6-5-7-11(14)8-10/h5-8H,14H2,1-4H3. The summed E-state index contributed by atoms with van der Waals surface area (Å²) in [5.41, 5.74) is 6.65. The van der Waals surface area contributed by atoms with Crippen molar-refractivity contribution in [3.8, 4) is 0 Å². The Kier molecular flexibility index (Phi) is 2.52. The van der Waals surface area contributed by atoms with E-state index >= 15 is 0 Å². The summed E-state index contributed by atoms with van der Waals surface area (Å²) in [5.74, 6) is 0. The van der Waals surface area contributed by atoms with Gasteiger partial charge in [-0.2, -0.15) is 0 Å². The van der Waals surface area contributed by atoms with Gasteiger partial charge in [-0.25, -0.2) is 0 Å². The van der Waals surface area contributed by atoms with Gasteiger partial charge in [0.2, 0.25) is 0 Å². The van der Waals surface area contributed by atoms with Crippen molar-refractivity contribution in [3.05, 3.63) is 29.8 Å². The fourth-order valence-electron chi connectivity index (χ4n) is 2.22. The van der Waals surface area contributed by atoms with E-state index in [2.05, 4.69) is 4.99 Å². The zero-order chi connectivity index (χ0) is 12.8. The maximum Gasteiger partial charge on any atom is 0.162 e. The Hall–Kier alpha value is -1.39. The maximum atomic E-state index is 12.4. The first-order valence-corrected chi connectivity index (χ1v) is 5.69. The third-order valence-corrected chi connectivity index (χ3v) is 3.61. The summed E-state index contributed by atoms with van der Waals surface area (Å²) in [7, 11) is 0. The summed E-state index contributed by atoms with van der Waals surface area (Å²) in [6.07, 6.45) is 0. The zero-order valence-corrected chi connectivity index (χ0v) is 10.7. The van der Waals surface area contributed by atoms with Crippen LogP contribution < -0.4 is 5.73 Å². The van der Waals surface area contributed by atoms with Crippen molar-refractivity contribution in [2.45, 2.75) is 38.9 Å². The maximum absolute atomic E-state index is 12.4. The summed E-state index contributed by atoms with van der Waals surface area (Å²) in [5, 5.41) is 13.5. The molecule has 1 radical (unpaired) electrons. The molecule has 1 unspecified atom stereocenters. The van der Waals surface area contributed by atoms with Gasteiger partial charge in [-0.05, 0) is 45.4 Å². The minimum atomic E-state index is -0.872. The van der Waals surface area contributed by atoms with Gasteiger partial charge in [0, 0.05) is 11.4 Å². The Morgan fingerprint density at radius 1 is 1.29 bits per heavy atom. The van der Waals surface area contributed by atoms with Crippen LogP contribution in [0, 0.1) is 0 Å². The highest BCUT2D eigenvalue weighted by atomic mass is 16.5. The molecule has 0 bridgehead atoms. The third-order valence-electron chi connectivity index (χ3n) is 3.61. The predicted molar refractivity (Wildman–Crippen MR) is 67.9 cm³/mol. The molecule has 1 aliphatic rings. The molecule has 0 aliphatic carbocycles. The fourth-order valence-corrected chi connectivity index (χ4v) is 2.22. The topological polar surface area (TPSA) is 61.5 Å². The van der Waals surface area contributed by atoms with Crippen LogP contribution in [-0.2, 0) is 10.9 Å². The Bertz CT molecular complexity index is 481. The Labute approximate surface area is 102 Å². The predicted octanol–water partition coefficient (Wildman–Crippen LogP) is 2.34. The molecule has 17 heavy (non-hydrogen) atoms. The van der Waals surface area contributed by atoms with Crippen LogP contribution in [0.2, 0.25) is 0 Å². The van der Waals surface area contributed by atoms with Gasteiger partial charge in [-0.3, -0.25) is 4.99 Å². The van der Waals surface area contributed by atoms with Crippen LogP contribution in [0.3, 0.4) is 0 Å². The lowest BCUT2D eigenvalue weighted by Crippen LogP contribution is -2.48. The minimum Gasteiger partial charge on any atom is -0.399 e. The SMILES string of the molecule is CC1=NC(C)(c2cccc(N)c2)N([O])C1(C)C. The molecule has 4 heteroatoms. The van der Waals surface area contributed by atoms with E-state index in [9.17, 15) is 5.21 Å². The van der Waals surface area contributed by atoms with E-state index in [1.807, 2.05) is 45.9 Å². The lowest BCUT2D eigenvalue weighted by atomic mass is 9.97. The lowest BCUT2D eigenvalue weighted by Gasteiger charge is -2.34. The second kappa shape index (κ2) is 3.55. The molecule has 0 aromatic heterocycles. The number of hydrogen-bond acceptors (Lipinski definition) is 3. The van der Waals surface area contributed by atoms with Crippen molar-refractivity contribution >= 4 is 11.4 Å². The lowest BCUT2D eigenvalue weighted by molar-refractivity contribution is -0.250. The van der Waals surface area contributed by atoms with Crippen LogP contribution in [0.1, 0.15) is 33.3 Å². The van der Waals surface area contributed by atoms with Crippen LogP contribution >= 0.6 is 0 Å². The molecule has 0 spiro atoms. The van der Waals surface area contributed by atoms with Gasteiger partial charge in [0.25, 0.3) is 0 Å². The minimum absolute atomic E-state index is 0.570. The van der Waals surface area contributed by atoms with Crippen LogP contribution in [0.15, 0.2) is 29.3 Å². The van der Waals surface area contributed by atoms with Crippen LogP contribution in [0.25, 0.3) is 0 Å². The molecule has 91 valence electrons. The van der Waals surface area contributed by atoms with E-state index in [0.717, 1.165) is 16.3 Å². The number of nitrogens with two attached hydrogens (primary N) is 1. The number of anilines is 1. The molecule has 1 heterocycles. The van der Waals surface area contributed by atoms with Crippen molar-refractivity contribution < 1.29 is 5.21 Å². The number of benzene rings is 1. The summed E-state index contributed by atoms with van der Waals surface area (Å²) >= 11 is 0. The molecule has 4 nitrogen and oxygen atoms in total. The Morgan fingerprint density at radius 3 is 2.41 bits per heavy atom. The van der Waals surface area contributed by atoms with E-state index < -0.39 is 11.2 Å². The van der Waals surface area contributed by atoms with E-state index in [-0.39, 0.29) is 0 Å². The smallest absolute Gasteiger partial charge is 0.162 e. The summed E-state index contributed by atoms with van der Waals surface area (Å²) < 4.78 is 0. The molecule has 2 N–H and O–H groups in total. The van der Waals surface area contributed by atoms with E-state index in [0.29, 0.717) is 5.69 Å². The Morgan fingerprint density at radius 2 is 1.94 bits per heavy atom. The summed E-state index contributed by atoms with van der Waals surface area (Å²) in [6, 6.07) is 7.35. The highest BCUT2D eigenvalue weighted by Gasteiger charge is 2.50. The van der Waals surface area contributed by atoms with Crippen molar-refractivity contribution in [2.24, 2.45) is 4.99 Å². The highest BCUT2D eigenvalue weighted by Crippen LogP contribution is 2.41. The molecule has 1 aromatic carbocycles. The average molecular weight is 232 g/mol. The molecule has 0 amide bonds. The molecule has 2 rings (SSSR count). The van der Waals surface area contributed by atoms with Gasteiger partial charge in [0.1, 0.15) is 0 Å². The quantitative estimate of drug-likeness (QED) is 0.755. The molecule has 0 saturated carbocycles. The molecule has 1 aliphatic heterocycles. The Balaban J connectivity index is 2.52. The molecule has 0 saturated heterocycles. The number of rotatable bonds is 1. The highest BCUT2D eigenvalue weighted by molar-refractivity contribution is 5.92. The first-order valence-electron chi connectivity index (χ1n) is 5.69. The number of aliphatic imine (C=N–C) groups is 1. The fraction of sp³-hybridized carbons (Fsp3) is 0.462. The second-order valence-corrected chi connectivity index (χ2v) is 5.20. The monoisotopic (exact) mass is 232 g/mol. The average Bonchev–Trinajstić information content (AvgIpc) is 2.41. The zero-order valence-electron chi connectivity index (χ0n) is 10.7. The van der Waals surface area contributed by atoms with Gasteiger partial charge in [0.05, 0.1) is 5.54 Å². The first-order chi connectivity index (χ1) is 7.78. The first kappa shape index (κ1) is 12.1.